The lowest BCUT2D eigenvalue weighted by molar-refractivity contribution is -0.104. The van der Waals surface area contributed by atoms with Crippen LogP contribution in [0.3, 0.4) is 0 Å². The molecule has 0 N–H and O–H groups in total. The standard InChI is InChI=1S/C17H32O3Si/c1-10-15(19-7)16(14(3)11-13(2)12-18)20-21(8,9)17(4,5)6/h10-12,14-16H,1H2,2-9H3/b13-11-/t14-,15+,16+/m1/s1. The summed E-state index contributed by atoms with van der Waals surface area (Å²) < 4.78 is 12.1. The number of rotatable bonds is 8. The summed E-state index contributed by atoms with van der Waals surface area (Å²) in [5.41, 5.74) is 0.713. The molecule has 0 aliphatic rings. The summed E-state index contributed by atoms with van der Waals surface area (Å²) in [7, 11) is -0.269. The van der Waals surface area contributed by atoms with Crippen molar-refractivity contribution in [1.29, 1.82) is 0 Å². The molecule has 4 heteroatoms. The lowest BCUT2D eigenvalue weighted by Gasteiger charge is -2.42. The predicted molar refractivity (Wildman–Crippen MR) is 92.0 cm³/mol. The second kappa shape index (κ2) is 8.06. The molecule has 3 nitrogen and oxygen atoms in total. The number of methoxy groups -OCH3 is 1. The van der Waals surface area contributed by atoms with Gasteiger partial charge in [-0.3, -0.25) is 4.79 Å². The van der Waals surface area contributed by atoms with Crippen molar-refractivity contribution in [2.24, 2.45) is 5.92 Å². The summed E-state index contributed by atoms with van der Waals surface area (Å²) in [5, 5.41) is 0.119. The normalized spacial score (nSPS) is 18.0. The Labute approximate surface area is 131 Å². The number of carbonyl (C=O) groups is 1. The second-order valence-electron chi connectivity index (χ2n) is 7.17. The molecule has 0 unspecified atom stereocenters. The van der Waals surface area contributed by atoms with Crippen LogP contribution in [0.5, 0.6) is 0 Å². The van der Waals surface area contributed by atoms with Crippen molar-refractivity contribution in [3.05, 3.63) is 24.3 Å². The Morgan fingerprint density at radius 2 is 1.81 bits per heavy atom. The minimum Gasteiger partial charge on any atom is -0.410 e. The first-order valence-corrected chi connectivity index (χ1v) is 10.4. The van der Waals surface area contributed by atoms with E-state index >= 15 is 0 Å². The van der Waals surface area contributed by atoms with E-state index in [-0.39, 0.29) is 23.2 Å². The van der Waals surface area contributed by atoms with Crippen molar-refractivity contribution < 1.29 is 14.0 Å². The van der Waals surface area contributed by atoms with Crippen LogP contribution in [0.25, 0.3) is 0 Å². The molecule has 122 valence electrons. The average Bonchev–Trinajstić information content (AvgIpc) is 2.37. The van der Waals surface area contributed by atoms with E-state index < -0.39 is 8.32 Å². The first-order valence-electron chi connectivity index (χ1n) is 7.47. The quantitative estimate of drug-likeness (QED) is 0.289. The van der Waals surface area contributed by atoms with Gasteiger partial charge in [-0.15, -0.1) is 6.58 Å². The van der Waals surface area contributed by atoms with Crippen LogP contribution in [0.1, 0.15) is 34.6 Å². The lowest BCUT2D eigenvalue weighted by Crippen LogP contribution is -2.49. The van der Waals surface area contributed by atoms with E-state index in [2.05, 4.69) is 47.4 Å². The molecule has 3 atom stereocenters. The summed E-state index contributed by atoms with van der Waals surface area (Å²) in [5.74, 6) is 0.0762. The molecule has 0 aromatic carbocycles. The van der Waals surface area contributed by atoms with Gasteiger partial charge in [-0.05, 0) is 30.6 Å². The summed E-state index contributed by atoms with van der Waals surface area (Å²) in [6.07, 6.45) is 4.27. The largest absolute Gasteiger partial charge is 0.410 e. The van der Waals surface area contributed by atoms with Crippen LogP contribution < -0.4 is 0 Å². The fourth-order valence-electron chi connectivity index (χ4n) is 1.90. The van der Waals surface area contributed by atoms with Crippen molar-refractivity contribution in [1.82, 2.24) is 0 Å². The number of aldehydes is 1. The summed E-state index contributed by atoms with van der Waals surface area (Å²) in [4.78, 5) is 10.9. The lowest BCUT2D eigenvalue weighted by atomic mass is 9.97. The van der Waals surface area contributed by atoms with Gasteiger partial charge in [-0.25, -0.2) is 0 Å². The molecule has 0 heterocycles. The molecule has 0 saturated carbocycles. The van der Waals surface area contributed by atoms with Gasteiger partial charge in [0, 0.05) is 13.0 Å². The maximum Gasteiger partial charge on any atom is 0.192 e. The molecule has 0 rings (SSSR count). The summed E-state index contributed by atoms with van der Waals surface area (Å²) in [6, 6.07) is 0. The summed E-state index contributed by atoms with van der Waals surface area (Å²) in [6.45, 7) is 18.8. The van der Waals surface area contributed by atoms with Crippen molar-refractivity contribution >= 4 is 14.6 Å². The molecule has 0 aliphatic carbocycles. The smallest absolute Gasteiger partial charge is 0.192 e. The highest BCUT2D eigenvalue weighted by Gasteiger charge is 2.41. The van der Waals surface area contributed by atoms with Crippen LogP contribution in [0, 0.1) is 5.92 Å². The Bertz CT molecular complexity index is 380. The van der Waals surface area contributed by atoms with Gasteiger partial charge < -0.3 is 9.16 Å². The van der Waals surface area contributed by atoms with Crippen LogP contribution >= 0.6 is 0 Å². The molecule has 0 bridgehead atoms. The van der Waals surface area contributed by atoms with Crippen LogP contribution in [-0.2, 0) is 14.0 Å². The van der Waals surface area contributed by atoms with E-state index in [1.165, 1.54) is 0 Å². The van der Waals surface area contributed by atoms with Crippen LogP contribution in [0.4, 0.5) is 0 Å². The molecule has 0 radical (unpaired) electrons. The highest BCUT2D eigenvalue weighted by molar-refractivity contribution is 6.74. The van der Waals surface area contributed by atoms with Gasteiger partial charge in [-0.1, -0.05) is 39.8 Å². The maximum absolute atomic E-state index is 10.9. The Morgan fingerprint density at radius 3 is 2.14 bits per heavy atom. The van der Waals surface area contributed by atoms with Gasteiger partial charge in [0.05, 0.1) is 6.10 Å². The number of carbonyl (C=O) groups excluding carboxylic acids is 1. The zero-order valence-corrected chi connectivity index (χ0v) is 15.9. The zero-order valence-electron chi connectivity index (χ0n) is 14.9. The molecule has 21 heavy (non-hydrogen) atoms. The Kier molecular flexibility index (Phi) is 7.79. The fourth-order valence-corrected chi connectivity index (χ4v) is 3.29. The Hall–Kier alpha value is -0.713. The van der Waals surface area contributed by atoms with Gasteiger partial charge in [-0.2, -0.15) is 0 Å². The first kappa shape index (κ1) is 20.3. The number of hydrogen-bond donors (Lipinski definition) is 0. The minimum atomic E-state index is -1.93. The van der Waals surface area contributed by atoms with E-state index in [0.717, 1.165) is 6.29 Å². The van der Waals surface area contributed by atoms with Crippen LogP contribution in [0.15, 0.2) is 24.3 Å². The maximum atomic E-state index is 10.9. The second-order valence-corrected chi connectivity index (χ2v) is 11.9. The molecular weight excluding hydrogens is 280 g/mol. The predicted octanol–water partition coefficient (Wildman–Crippen LogP) is 4.36. The van der Waals surface area contributed by atoms with Crippen molar-refractivity contribution in [3.8, 4) is 0 Å². The zero-order chi connectivity index (χ0) is 16.8. The highest BCUT2D eigenvalue weighted by atomic mass is 28.4. The van der Waals surface area contributed by atoms with E-state index in [1.807, 2.05) is 13.0 Å². The fraction of sp³-hybridized carbons (Fsp3) is 0.706. The third kappa shape index (κ3) is 5.89. The topological polar surface area (TPSA) is 35.5 Å². The SMILES string of the molecule is C=C[C@H](OC)[C@@H](O[Si](C)(C)C(C)(C)C)[C@H](C)/C=C(/C)C=O. The van der Waals surface area contributed by atoms with E-state index in [4.69, 9.17) is 9.16 Å². The molecule has 0 aliphatic heterocycles. The highest BCUT2D eigenvalue weighted by Crippen LogP contribution is 2.39. The van der Waals surface area contributed by atoms with Gasteiger partial charge in [0.2, 0.25) is 0 Å². The van der Waals surface area contributed by atoms with E-state index in [9.17, 15) is 4.79 Å². The molecule has 0 spiro atoms. The molecule has 0 saturated heterocycles. The molecule has 0 fully saturated rings. The molecule has 0 aromatic rings. The Morgan fingerprint density at radius 1 is 1.29 bits per heavy atom. The minimum absolute atomic E-state index is 0.0762. The van der Waals surface area contributed by atoms with E-state index in [1.54, 1.807) is 13.2 Å². The number of hydrogen-bond acceptors (Lipinski definition) is 3. The molecule has 0 aromatic heterocycles. The number of ether oxygens (including phenoxy) is 1. The van der Waals surface area contributed by atoms with Gasteiger partial charge in [0.25, 0.3) is 0 Å². The van der Waals surface area contributed by atoms with E-state index in [0.29, 0.717) is 5.57 Å². The Balaban J connectivity index is 5.44. The van der Waals surface area contributed by atoms with Gasteiger partial charge >= 0.3 is 0 Å². The van der Waals surface area contributed by atoms with Gasteiger partial charge in [0.15, 0.2) is 8.32 Å². The van der Waals surface area contributed by atoms with Crippen LogP contribution in [0.2, 0.25) is 18.1 Å². The van der Waals surface area contributed by atoms with Crippen molar-refractivity contribution in [2.75, 3.05) is 7.11 Å². The van der Waals surface area contributed by atoms with Crippen LogP contribution in [-0.4, -0.2) is 33.9 Å². The van der Waals surface area contributed by atoms with Gasteiger partial charge in [0.1, 0.15) is 12.4 Å². The monoisotopic (exact) mass is 312 g/mol. The van der Waals surface area contributed by atoms with Crippen molar-refractivity contribution in [2.45, 2.75) is 65.0 Å². The first-order chi connectivity index (χ1) is 9.50. The molecular formula is C17H32O3Si. The molecule has 0 amide bonds. The third-order valence-corrected chi connectivity index (χ3v) is 8.77. The van der Waals surface area contributed by atoms with Crippen molar-refractivity contribution in [3.63, 3.8) is 0 Å². The third-order valence-electron chi connectivity index (χ3n) is 4.30. The summed E-state index contributed by atoms with van der Waals surface area (Å²) >= 11 is 0. The average molecular weight is 313 g/mol. The number of allylic oxidation sites excluding steroid dienone is 1.